The Balaban J connectivity index is 1.76. The van der Waals surface area contributed by atoms with Gasteiger partial charge in [0.15, 0.2) is 17.1 Å². The van der Waals surface area contributed by atoms with Crippen LogP contribution < -0.4 is 4.90 Å². The number of rotatable bonds is 4. The number of hydrogen-bond acceptors (Lipinski definition) is 5. The molecule has 6 heteroatoms. The maximum Gasteiger partial charge on any atom is 0.196 e. The molecule has 108 valence electrons. The summed E-state index contributed by atoms with van der Waals surface area (Å²) in [5.74, 6) is 1.50. The molecule has 0 amide bonds. The van der Waals surface area contributed by atoms with Crippen molar-refractivity contribution in [3.63, 3.8) is 0 Å². The number of likely N-dealkylation sites (tertiary alicyclic amines) is 1. The Morgan fingerprint density at radius 3 is 2.95 bits per heavy atom. The van der Waals surface area contributed by atoms with Gasteiger partial charge in [0.05, 0.1) is 0 Å². The van der Waals surface area contributed by atoms with Crippen LogP contribution in [-0.4, -0.2) is 54.3 Å². The van der Waals surface area contributed by atoms with Gasteiger partial charge in [-0.3, -0.25) is 9.20 Å². The number of thiazole rings is 1. The minimum absolute atomic E-state index is 0.664. The standard InChI is InChI=1S/C14H20N4OS/c1-16-5-3-11(4-6-16)9-17(2)13-12(10-19)18-7-8-20-14(18)15-13/h7-8,10-11H,3-6,9H2,1-2H3. The monoisotopic (exact) mass is 292 g/mol. The molecule has 0 aromatic carbocycles. The Hall–Kier alpha value is -1.40. The van der Waals surface area contributed by atoms with E-state index in [1.807, 2.05) is 23.0 Å². The van der Waals surface area contributed by atoms with E-state index >= 15 is 0 Å². The van der Waals surface area contributed by atoms with E-state index in [1.165, 1.54) is 12.8 Å². The first-order valence-electron chi connectivity index (χ1n) is 6.99. The van der Waals surface area contributed by atoms with Crippen molar-refractivity contribution in [1.29, 1.82) is 0 Å². The van der Waals surface area contributed by atoms with Crippen LogP contribution in [0.3, 0.4) is 0 Å². The smallest absolute Gasteiger partial charge is 0.196 e. The van der Waals surface area contributed by atoms with Crippen LogP contribution in [-0.2, 0) is 0 Å². The topological polar surface area (TPSA) is 40.9 Å². The van der Waals surface area contributed by atoms with Crippen molar-refractivity contribution in [1.82, 2.24) is 14.3 Å². The minimum Gasteiger partial charge on any atom is -0.357 e. The van der Waals surface area contributed by atoms with Gasteiger partial charge in [0, 0.05) is 25.2 Å². The molecule has 0 aliphatic carbocycles. The lowest BCUT2D eigenvalue weighted by molar-refractivity contribution is 0.111. The molecule has 3 rings (SSSR count). The molecule has 5 nitrogen and oxygen atoms in total. The van der Waals surface area contributed by atoms with Gasteiger partial charge >= 0.3 is 0 Å². The molecule has 0 radical (unpaired) electrons. The van der Waals surface area contributed by atoms with Gasteiger partial charge in [-0.1, -0.05) is 0 Å². The summed E-state index contributed by atoms with van der Waals surface area (Å²) in [6.45, 7) is 3.30. The number of nitrogens with zero attached hydrogens (tertiary/aromatic N) is 4. The molecular formula is C14H20N4OS. The Morgan fingerprint density at radius 1 is 1.50 bits per heavy atom. The molecule has 1 saturated heterocycles. The van der Waals surface area contributed by atoms with Crippen LogP contribution in [0.25, 0.3) is 4.96 Å². The third kappa shape index (κ3) is 2.45. The van der Waals surface area contributed by atoms with Crippen molar-refractivity contribution in [2.45, 2.75) is 12.8 Å². The zero-order valence-electron chi connectivity index (χ0n) is 12.0. The number of imidazole rings is 1. The van der Waals surface area contributed by atoms with Crippen LogP contribution in [0.2, 0.25) is 0 Å². The highest BCUT2D eigenvalue weighted by Crippen LogP contribution is 2.25. The highest BCUT2D eigenvalue weighted by atomic mass is 32.1. The summed E-state index contributed by atoms with van der Waals surface area (Å²) in [6.07, 6.45) is 5.26. The summed E-state index contributed by atoms with van der Waals surface area (Å²) in [7, 11) is 4.21. The van der Waals surface area contributed by atoms with Gasteiger partial charge < -0.3 is 9.80 Å². The van der Waals surface area contributed by atoms with Gasteiger partial charge in [-0.2, -0.15) is 0 Å². The fraction of sp³-hybridized carbons (Fsp3) is 0.571. The van der Waals surface area contributed by atoms with E-state index in [0.29, 0.717) is 11.6 Å². The maximum atomic E-state index is 11.4. The average molecular weight is 292 g/mol. The lowest BCUT2D eigenvalue weighted by Gasteiger charge is -2.31. The second-order valence-electron chi connectivity index (χ2n) is 5.62. The van der Waals surface area contributed by atoms with Crippen LogP contribution in [0.15, 0.2) is 11.6 Å². The highest BCUT2D eigenvalue weighted by Gasteiger charge is 2.21. The molecule has 1 aliphatic rings. The lowest BCUT2D eigenvalue weighted by atomic mass is 9.97. The molecule has 20 heavy (non-hydrogen) atoms. The highest BCUT2D eigenvalue weighted by molar-refractivity contribution is 7.15. The van der Waals surface area contributed by atoms with Gasteiger partial charge in [-0.15, -0.1) is 11.3 Å². The van der Waals surface area contributed by atoms with Gasteiger partial charge in [-0.25, -0.2) is 4.98 Å². The van der Waals surface area contributed by atoms with Gasteiger partial charge in [-0.05, 0) is 38.9 Å². The van der Waals surface area contributed by atoms with Crippen LogP contribution in [0.1, 0.15) is 23.3 Å². The predicted molar refractivity (Wildman–Crippen MR) is 81.9 cm³/mol. The molecule has 0 saturated carbocycles. The number of fused-ring (bicyclic) bond motifs is 1. The van der Waals surface area contributed by atoms with Gasteiger partial charge in [0.1, 0.15) is 5.69 Å². The van der Waals surface area contributed by atoms with Crippen molar-refractivity contribution < 1.29 is 4.79 Å². The van der Waals surface area contributed by atoms with Crippen molar-refractivity contribution in [2.75, 3.05) is 38.6 Å². The third-order valence-corrected chi connectivity index (χ3v) is 4.88. The Morgan fingerprint density at radius 2 is 2.25 bits per heavy atom. The molecule has 3 heterocycles. The normalized spacial score (nSPS) is 17.7. The van der Waals surface area contributed by atoms with E-state index < -0.39 is 0 Å². The average Bonchev–Trinajstić information content (AvgIpc) is 3.01. The zero-order valence-corrected chi connectivity index (χ0v) is 12.8. The molecule has 0 N–H and O–H groups in total. The Labute approximate surface area is 122 Å². The molecule has 1 aliphatic heterocycles. The molecule has 1 fully saturated rings. The number of anilines is 1. The van der Waals surface area contributed by atoms with E-state index in [0.717, 1.165) is 36.7 Å². The summed E-state index contributed by atoms with van der Waals surface area (Å²) in [5.41, 5.74) is 0.664. The molecule has 0 unspecified atom stereocenters. The first-order valence-corrected chi connectivity index (χ1v) is 7.87. The fourth-order valence-corrected chi connectivity index (χ4v) is 3.62. The van der Waals surface area contributed by atoms with Crippen molar-refractivity contribution >= 4 is 28.4 Å². The molecular weight excluding hydrogens is 272 g/mol. The van der Waals surface area contributed by atoms with Gasteiger partial charge in [0.2, 0.25) is 0 Å². The molecule has 2 aromatic rings. The molecule has 0 bridgehead atoms. The Bertz CT molecular complexity index is 597. The van der Waals surface area contributed by atoms with Crippen molar-refractivity contribution in [2.24, 2.45) is 5.92 Å². The summed E-state index contributed by atoms with van der Waals surface area (Å²) in [4.78, 5) is 21.3. The van der Waals surface area contributed by atoms with E-state index in [9.17, 15) is 4.79 Å². The lowest BCUT2D eigenvalue weighted by Crippen LogP contribution is -2.36. The first kappa shape index (κ1) is 13.6. The number of hydrogen-bond donors (Lipinski definition) is 0. The largest absolute Gasteiger partial charge is 0.357 e. The third-order valence-electron chi connectivity index (χ3n) is 4.12. The van der Waals surface area contributed by atoms with Crippen LogP contribution in [0, 0.1) is 5.92 Å². The molecule has 0 spiro atoms. The fourth-order valence-electron chi connectivity index (χ4n) is 2.90. The second-order valence-corrected chi connectivity index (χ2v) is 6.49. The summed E-state index contributed by atoms with van der Waals surface area (Å²) < 4.78 is 1.87. The van der Waals surface area contributed by atoms with Crippen molar-refractivity contribution in [3.05, 3.63) is 17.3 Å². The van der Waals surface area contributed by atoms with E-state index in [2.05, 4.69) is 21.8 Å². The summed E-state index contributed by atoms with van der Waals surface area (Å²) in [5, 5.41) is 1.95. The van der Waals surface area contributed by atoms with E-state index in [-0.39, 0.29) is 0 Å². The zero-order chi connectivity index (χ0) is 14.1. The molecule has 2 aromatic heterocycles. The minimum atomic E-state index is 0.664. The summed E-state index contributed by atoms with van der Waals surface area (Å²) >= 11 is 1.56. The number of aromatic nitrogens is 2. The van der Waals surface area contributed by atoms with Crippen LogP contribution in [0.4, 0.5) is 5.82 Å². The SMILES string of the molecule is CN1CCC(CN(C)c2nc3sccn3c2C=O)CC1. The first-order chi connectivity index (χ1) is 9.69. The van der Waals surface area contributed by atoms with Crippen molar-refractivity contribution in [3.8, 4) is 0 Å². The number of carbonyl (C=O) groups excluding carboxylic acids is 1. The summed E-state index contributed by atoms with van der Waals surface area (Å²) in [6, 6.07) is 0. The number of piperidine rings is 1. The number of carbonyl (C=O) groups is 1. The molecule has 0 atom stereocenters. The maximum absolute atomic E-state index is 11.4. The second kappa shape index (κ2) is 5.54. The quantitative estimate of drug-likeness (QED) is 0.808. The number of aldehydes is 1. The van der Waals surface area contributed by atoms with Crippen LogP contribution >= 0.6 is 11.3 Å². The van der Waals surface area contributed by atoms with Crippen LogP contribution in [0.5, 0.6) is 0 Å². The van der Waals surface area contributed by atoms with E-state index in [1.54, 1.807) is 11.3 Å². The van der Waals surface area contributed by atoms with E-state index in [4.69, 9.17) is 0 Å². The Kier molecular flexibility index (Phi) is 3.76. The predicted octanol–water partition coefficient (Wildman–Crippen LogP) is 1.99. The van der Waals surface area contributed by atoms with Gasteiger partial charge in [0.25, 0.3) is 0 Å².